The zero-order chi connectivity index (χ0) is 17.9. The standard InChI is InChI=1S/C17H24ClFN2O3S/c18-15-12-14(4-5-16(15)19)25(22,23)20-13-17(6-2-1-3-7-17)21-8-10-24-11-9-21/h4-5,12,20H,1-3,6-11,13H2/p+1. The number of nitrogens with one attached hydrogen (secondary N) is 2. The smallest absolute Gasteiger partial charge is 0.240 e. The van der Waals surface area contributed by atoms with Crippen molar-refractivity contribution in [3.8, 4) is 0 Å². The second-order valence-corrected chi connectivity index (χ2v) is 9.13. The van der Waals surface area contributed by atoms with E-state index >= 15 is 0 Å². The van der Waals surface area contributed by atoms with Gasteiger partial charge in [0.2, 0.25) is 10.0 Å². The molecule has 140 valence electrons. The molecule has 3 rings (SSSR count). The molecule has 2 aliphatic rings. The lowest BCUT2D eigenvalue weighted by molar-refractivity contribution is -0.960. The molecule has 1 aliphatic carbocycles. The minimum atomic E-state index is -3.72. The summed E-state index contributed by atoms with van der Waals surface area (Å²) >= 11 is 5.73. The zero-order valence-electron chi connectivity index (χ0n) is 14.2. The van der Waals surface area contributed by atoms with E-state index in [9.17, 15) is 12.8 Å². The van der Waals surface area contributed by atoms with Gasteiger partial charge in [-0.1, -0.05) is 18.0 Å². The van der Waals surface area contributed by atoms with E-state index < -0.39 is 15.8 Å². The number of morpholine rings is 1. The Bertz CT molecular complexity index is 702. The minimum Gasteiger partial charge on any atom is -0.370 e. The van der Waals surface area contributed by atoms with E-state index in [-0.39, 0.29) is 15.5 Å². The highest BCUT2D eigenvalue weighted by Gasteiger charge is 2.43. The molecule has 0 unspecified atom stereocenters. The average Bonchev–Trinajstić information content (AvgIpc) is 2.64. The van der Waals surface area contributed by atoms with Crippen LogP contribution in [0.15, 0.2) is 23.1 Å². The van der Waals surface area contributed by atoms with Gasteiger partial charge in [-0.25, -0.2) is 17.5 Å². The van der Waals surface area contributed by atoms with Gasteiger partial charge in [-0.3, -0.25) is 0 Å². The van der Waals surface area contributed by atoms with Gasteiger partial charge in [0.15, 0.2) is 0 Å². The molecule has 0 spiro atoms. The Morgan fingerprint density at radius 3 is 2.52 bits per heavy atom. The Morgan fingerprint density at radius 1 is 1.20 bits per heavy atom. The number of quaternary nitrogens is 1. The van der Waals surface area contributed by atoms with Gasteiger partial charge in [0.05, 0.1) is 29.7 Å². The molecule has 2 N–H and O–H groups in total. The van der Waals surface area contributed by atoms with Crippen LogP contribution in [0.5, 0.6) is 0 Å². The van der Waals surface area contributed by atoms with Gasteiger partial charge in [-0.05, 0) is 31.0 Å². The van der Waals surface area contributed by atoms with E-state index in [1.807, 2.05) is 0 Å². The summed E-state index contributed by atoms with van der Waals surface area (Å²) < 4.78 is 46.8. The van der Waals surface area contributed by atoms with E-state index in [2.05, 4.69) is 4.72 Å². The zero-order valence-corrected chi connectivity index (χ0v) is 15.8. The molecule has 1 saturated heterocycles. The summed E-state index contributed by atoms with van der Waals surface area (Å²) in [6, 6.07) is 3.49. The fourth-order valence-corrected chi connectivity index (χ4v) is 5.39. The number of ether oxygens (including phenoxy) is 1. The van der Waals surface area contributed by atoms with Crippen molar-refractivity contribution in [2.45, 2.75) is 42.5 Å². The highest BCUT2D eigenvalue weighted by Crippen LogP contribution is 2.26. The fourth-order valence-electron chi connectivity index (χ4n) is 3.99. The van der Waals surface area contributed by atoms with Crippen molar-refractivity contribution >= 4 is 21.6 Å². The topological polar surface area (TPSA) is 59.8 Å². The molecule has 0 aromatic heterocycles. The second-order valence-electron chi connectivity index (χ2n) is 6.96. The third kappa shape index (κ3) is 4.34. The molecule has 8 heteroatoms. The molecule has 2 fully saturated rings. The Hall–Kier alpha value is -0.730. The molecule has 0 bridgehead atoms. The molecular formula is C17H25ClFN2O3S+. The normalized spacial score (nSPS) is 22.0. The summed E-state index contributed by atoms with van der Waals surface area (Å²) in [6.45, 7) is 3.64. The van der Waals surface area contributed by atoms with E-state index in [1.54, 1.807) is 0 Å². The molecule has 5 nitrogen and oxygen atoms in total. The molecule has 25 heavy (non-hydrogen) atoms. The summed E-state index contributed by atoms with van der Waals surface area (Å²) in [6.07, 6.45) is 5.46. The largest absolute Gasteiger partial charge is 0.370 e. The predicted molar refractivity (Wildman–Crippen MR) is 93.9 cm³/mol. The first kappa shape index (κ1) is 19.0. The summed E-state index contributed by atoms with van der Waals surface area (Å²) in [7, 11) is -3.72. The maximum absolute atomic E-state index is 13.3. The van der Waals surface area contributed by atoms with Crippen molar-refractivity contribution in [1.82, 2.24) is 4.72 Å². The van der Waals surface area contributed by atoms with Gasteiger partial charge in [-0.15, -0.1) is 0 Å². The highest BCUT2D eigenvalue weighted by atomic mass is 35.5. The molecule has 1 heterocycles. The SMILES string of the molecule is O=S(=O)(NCC1([NH+]2CCOCC2)CCCCC1)c1ccc(F)c(Cl)c1. The maximum atomic E-state index is 13.3. The third-order valence-electron chi connectivity index (χ3n) is 5.46. The predicted octanol–water partition coefficient (Wildman–Crippen LogP) is 1.38. The van der Waals surface area contributed by atoms with E-state index in [0.717, 1.165) is 64.1 Å². The van der Waals surface area contributed by atoms with Gasteiger partial charge >= 0.3 is 0 Å². The molecule has 0 amide bonds. The molecule has 1 aromatic rings. The highest BCUT2D eigenvalue weighted by molar-refractivity contribution is 7.89. The first-order chi connectivity index (χ1) is 11.9. The van der Waals surface area contributed by atoms with E-state index in [1.165, 1.54) is 17.4 Å². The van der Waals surface area contributed by atoms with Crippen LogP contribution < -0.4 is 9.62 Å². The lowest BCUT2D eigenvalue weighted by atomic mass is 9.80. The number of hydrogen-bond acceptors (Lipinski definition) is 3. The number of benzene rings is 1. The Kier molecular flexibility index (Phi) is 6.00. The summed E-state index contributed by atoms with van der Waals surface area (Å²) in [4.78, 5) is 1.43. The van der Waals surface area contributed by atoms with Crippen LogP contribution in [-0.4, -0.2) is 46.8 Å². The number of rotatable bonds is 5. The lowest BCUT2D eigenvalue weighted by Crippen LogP contribution is -3.23. The van der Waals surface area contributed by atoms with Gasteiger partial charge in [0.25, 0.3) is 0 Å². The molecular weight excluding hydrogens is 367 g/mol. The van der Waals surface area contributed by atoms with Crippen LogP contribution in [0.1, 0.15) is 32.1 Å². The maximum Gasteiger partial charge on any atom is 0.240 e. The molecule has 1 aliphatic heterocycles. The molecule has 0 radical (unpaired) electrons. The summed E-state index contributed by atoms with van der Waals surface area (Å²) in [5, 5.41) is -0.186. The third-order valence-corrected chi connectivity index (χ3v) is 7.15. The van der Waals surface area contributed by atoms with Gasteiger partial charge in [0, 0.05) is 12.8 Å². The first-order valence-electron chi connectivity index (χ1n) is 8.81. The van der Waals surface area contributed by atoms with Crippen LogP contribution in [0.3, 0.4) is 0 Å². The van der Waals surface area contributed by atoms with Crippen molar-refractivity contribution in [1.29, 1.82) is 0 Å². The lowest BCUT2D eigenvalue weighted by Gasteiger charge is -2.44. The Balaban J connectivity index is 1.76. The number of halogens is 2. The Labute approximate surface area is 153 Å². The summed E-state index contributed by atoms with van der Waals surface area (Å²) in [5.41, 5.74) is -0.0844. The molecule has 1 aromatic carbocycles. The average molecular weight is 392 g/mol. The van der Waals surface area contributed by atoms with E-state index in [4.69, 9.17) is 16.3 Å². The van der Waals surface area contributed by atoms with Crippen molar-refractivity contribution in [2.24, 2.45) is 0 Å². The first-order valence-corrected chi connectivity index (χ1v) is 10.7. The van der Waals surface area contributed by atoms with Gasteiger partial charge in [-0.2, -0.15) is 0 Å². The number of sulfonamides is 1. The van der Waals surface area contributed by atoms with Crippen molar-refractivity contribution in [3.63, 3.8) is 0 Å². The monoisotopic (exact) mass is 391 g/mol. The number of hydrogen-bond donors (Lipinski definition) is 2. The second kappa shape index (κ2) is 7.88. The fraction of sp³-hybridized carbons (Fsp3) is 0.647. The molecule has 0 atom stereocenters. The quantitative estimate of drug-likeness (QED) is 0.797. The van der Waals surface area contributed by atoms with Crippen molar-refractivity contribution < 1.29 is 22.4 Å². The van der Waals surface area contributed by atoms with Crippen LogP contribution in [0, 0.1) is 5.82 Å². The van der Waals surface area contributed by atoms with Crippen molar-refractivity contribution in [3.05, 3.63) is 29.0 Å². The summed E-state index contributed by atoms with van der Waals surface area (Å²) in [5.74, 6) is -0.623. The van der Waals surface area contributed by atoms with Crippen LogP contribution in [0.4, 0.5) is 4.39 Å². The van der Waals surface area contributed by atoms with Crippen LogP contribution in [0.25, 0.3) is 0 Å². The Morgan fingerprint density at radius 2 is 1.88 bits per heavy atom. The van der Waals surface area contributed by atoms with Crippen LogP contribution in [-0.2, 0) is 14.8 Å². The molecule has 1 saturated carbocycles. The van der Waals surface area contributed by atoms with Crippen molar-refractivity contribution in [2.75, 3.05) is 32.8 Å². The van der Waals surface area contributed by atoms with Crippen LogP contribution in [0.2, 0.25) is 5.02 Å². The van der Waals surface area contributed by atoms with Crippen LogP contribution >= 0.6 is 11.6 Å². The van der Waals surface area contributed by atoms with E-state index in [0.29, 0.717) is 6.54 Å². The van der Waals surface area contributed by atoms with Gasteiger partial charge < -0.3 is 9.64 Å². The van der Waals surface area contributed by atoms with Gasteiger partial charge in [0.1, 0.15) is 24.4 Å². The minimum absolute atomic E-state index is 0.00170.